The molecule has 74 valence electrons. The number of nitrogens with zero attached hydrogens (tertiary/aromatic N) is 1. The Bertz CT molecular complexity index is 269. The highest BCUT2D eigenvalue weighted by Crippen LogP contribution is 2.29. The lowest BCUT2D eigenvalue weighted by Gasteiger charge is -1.97. The van der Waals surface area contributed by atoms with Crippen molar-refractivity contribution in [3.05, 3.63) is 17.5 Å². The van der Waals surface area contributed by atoms with Crippen LogP contribution in [0.3, 0.4) is 0 Å². The van der Waals surface area contributed by atoms with E-state index in [0.29, 0.717) is 6.42 Å². The van der Waals surface area contributed by atoms with Crippen molar-refractivity contribution < 1.29 is 22.8 Å². The normalized spacial score (nSPS) is 12.0. The molecule has 1 heterocycles. The Morgan fingerprint density at radius 3 is 2.62 bits per heavy atom. The summed E-state index contributed by atoms with van der Waals surface area (Å²) >= 11 is 0. The first kappa shape index (κ1) is 10.0. The fourth-order valence-corrected chi connectivity index (χ4v) is 0.823. The molecule has 1 aromatic rings. The zero-order valence-corrected chi connectivity index (χ0v) is 6.64. The molecule has 0 saturated carbocycles. The number of rotatable bonds is 3. The van der Waals surface area contributed by atoms with Crippen LogP contribution in [0.5, 0.6) is 0 Å². The van der Waals surface area contributed by atoms with E-state index in [-0.39, 0.29) is 18.7 Å². The lowest BCUT2D eigenvalue weighted by atomic mass is 10.2. The highest BCUT2D eigenvalue weighted by atomic mass is 19.4. The van der Waals surface area contributed by atoms with E-state index in [1.54, 1.807) is 0 Å². The second-order valence-corrected chi connectivity index (χ2v) is 2.51. The zero-order chi connectivity index (χ0) is 9.90. The highest BCUT2D eigenvalue weighted by Gasteiger charge is 2.35. The van der Waals surface area contributed by atoms with E-state index in [0.717, 1.165) is 6.07 Å². The molecule has 0 unspecified atom stereocenters. The van der Waals surface area contributed by atoms with Crippen molar-refractivity contribution in [1.29, 1.82) is 0 Å². The van der Waals surface area contributed by atoms with Gasteiger partial charge in [0.05, 0.1) is 5.69 Å². The maximum absolute atomic E-state index is 11.9. The van der Waals surface area contributed by atoms with Crippen molar-refractivity contribution in [2.45, 2.75) is 19.0 Å². The second kappa shape index (κ2) is 3.78. The molecule has 0 spiro atoms. The molecule has 1 N–H and O–H groups in total. The molecule has 3 nitrogen and oxygen atoms in total. The van der Waals surface area contributed by atoms with Gasteiger partial charge >= 0.3 is 6.18 Å². The number of aromatic nitrogens is 1. The van der Waals surface area contributed by atoms with Crippen LogP contribution in [0, 0.1) is 0 Å². The van der Waals surface area contributed by atoms with Gasteiger partial charge in [-0.1, -0.05) is 5.16 Å². The molecule has 0 aliphatic heterocycles. The van der Waals surface area contributed by atoms with E-state index in [2.05, 4.69) is 9.68 Å². The van der Waals surface area contributed by atoms with Gasteiger partial charge in [-0.3, -0.25) is 0 Å². The molecule has 0 aromatic carbocycles. The summed E-state index contributed by atoms with van der Waals surface area (Å²) in [5, 5.41) is 11.6. The Kier molecular flexibility index (Phi) is 2.92. The summed E-state index contributed by atoms with van der Waals surface area (Å²) in [4.78, 5) is 0. The molecule has 13 heavy (non-hydrogen) atoms. The Morgan fingerprint density at radius 2 is 2.15 bits per heavy atom. The van der Waals surface area contributed by atoms with Crippen LogP contribution in [0.25, 0.3) is 0 Å². The number of hydrogen-bond acceptors (Lipinski definition) is 3. The maximum atomic E-state index is 11.9. The van der Waals surface area contributed by atoms with Crippen molar-refractivity contribution in [3.8, 4) is 0 Å². The van der Waals surface area contributed by atoms with Crippen molar-refractivity contribution in [3.63, 3.8) is 0 Å². The first-order chi connectivity index (χ1) is 6.04. The minimum absolute atomic E-state index is 0.0752. The molecule has 0 aliphatic rings. The van der Waals surface area contributed by atoms with E-state index >= 15 is 0 Å². The Morgan fingerprint density at radius 1 is 1.46 bits per heavy atom. The van der Waals surface area contributed by atoms with Crippen LogP contribution in [0.15, 0.2) is 10.6 Å². The van der Waals surface area contributed by atoms with Crippen LogP contribution in [0.1, 0.15) is 17.9 Å². The molecule has 0 atom stereocenters. The fraction of sp³-hybridized carbons (Fsp3) is 0.571. The SMILES string of the molecule is OCCCc1cc(C(F)(F)F)on1. The number of aliphatic hydroxyl groups is 1. The molecule has 6 heteroatoms. The zero-order valence-electron chi connectivity index (χ0n) is 6.64. The van der Waals surface area contributed by atoms with Gasteiger partial charge in [0, 0.05) is 12.7 Å². The van der Waals surface area contributed by atoms with Crippen LogP contribution >= 0.6 is 0 Å². The third-order valence-corrected chi connectivity index (χ3v) is 1.43. The Balaban J connectivity index is 2.64. The maximum Gasteiger partial charge on any atom is 0.452 e. The molecule has 0 amide bonds. The van der Waals surface area contributed by atoms with Crippen LogP contribution in [0.2, 0.25) is 0 Å². The van der Waals surface area contributed by atoms with Crippen LogP contribution in [0.4, 0.5) is 13.2 Å². The monoisotopic (exact) mass is 195 g/mol. The van der Waals surface area contributed by atoms with E-state index in [1.165, 1.54) is 0 Å². The van der Waals surface area contributed by atoms with Crippen molar-refractivity contribution >= 4 is 0 Å². The van der Waals surface area contributed by atoms with Gasteiger partial charge in [-0.15, -0.1) is 0 Å². The molecule has 1 rings (SSSR count). The predicted molar refractivity (Wildman–Crippen MR) is 36.9 cm³/mol. The minimum Gasteiger partial charge on any atom is -0.396 e. The third-order valence-electron chi connectivity index (χ3n) is 1.43. The van der Waals surface area contributed by atoms with Crippen LogP contribution in [-0.4, -0.2) is 16.9 Å². The lowest BCUT2D eigenvalue weighted by molar-refractivity contribution is -0.155. The number of aliphatic hydroxyl groups excluding tert-OH is 1. The van der Waals surface area contributed by atoms with Gasteiger partial charge in [0.25, 0.3) is 0 Å². The summed E-state index contributed by atoms with van der Waals surface area (Å²) in [6, 6.07) is 0.843. The van der Waals surface area contributed by atoms with Gasteiger partial charge < -0.3 is 9.63 Å². The summed E-state index contributed by atoms with van der Waals surface area (Å²) in [6.45, 7) is -0.0752. The van der Waals surface area contributed by atoms with Crippen LogP contribution in [-0.2, 0) is 12.6 Å². The summed E-state index contributed by atoms with van der Waals surface area (Å²) < 4.78 is 39.9. The summed E-state index contributed by atoms with van der Waals surface area (Å²) in [7, 11) is 0. The fourth-order valence-electron chi connectivity index (χ4n) is 0.823. The van der Waals surface area contributed by atoms with Crippen molar-refractivity contribution in [2.24, 2.45) is 0 Å². The first-order valence-electron chi connectivity index (χ1n) is 3.67. The van der Waals surface area contributed by atoms with E-state index in [4.69, 9.17) is 5.11 Å². The molecule has 0 fully saturated rings. The van der Waals surface area contributed by atoms with Gasteiger partial charge in [0.1, 0.15) is 0 Å². The first-order valence-corrected chi connectivity index (χ1v) is 3.67. The molecule has 1 aromatic heterocycles. The van der Waals surface area contributed by atoms with Crippen molar-refractivity contribution in [2.75, 3.05) is 6.61 Å². The van der Waals surface area contributed by atoms with E-state index in [1.807, 2.05) is 0 Å². The summed E-state index contributed by atoms with van der Waals surface area (Å²) in [6.07, 6.45) is -3.82. The molecule has 0 saturated heterocycles. The lowest BCUT2D eigenvalue weighted by Crippen LogP contribution is -2.02. The van der Waals surface area contributed by atoms with Gasteiger partial charge in [-0.2, -0.15) is 13.2 Å². The number of hydrogen-bond donors (Lipinski definition) is 1. The Hall–Kier alpha value is -1.04. The van der Waals surface area contributed by atoms with Gasteiger partial charge in [-0.25, -0.2) is 0 Å². The molecular weight excluding hydrogens is 187 g/mol. The van der Waals surface area contributed by atoms with E-state index < -0.39 is 11.9 Å². The molecule has 0 bridgehead atoms. The smallest absolute Gasteiger partial charge is 0.396 e. The number of alkyl halides is 3. The van der Waals surface area contributed by atoms with Gasteiger partial charge in [-0.05, 0) is 12.8 Å². The van der Waals surface area contributed by atoms with Crippen LogP contribution < -0.4 is 0 Å². The topological polar surface area (TPSA) is 46.3 Å². The molecule has 0 aliphatic carbocycles. The summed E-state index contributed by atoms with van der Waals surface area (Å²) in [5.41, 5.74) is 0.210. The summed E-state index contributed by atoms with van der Waals surface area (Å²) in [5.74, 6) is -1.10. The van der Waals surface area contributed by atoms with Crippen molar-refractivity contribution in [1.82, 2.24) is 5.16 Å². The van der Waals surface area contributed by atoms with Gasteiger partial charge in [0.15, 0.2) is 0 Å². The standard InChI is InChI=1S/C7H8F3NO2/c8-7(9,10)6-4-5(11-13-6)2-1-3-12/h4,12H,1-3H2. The highest BCUT2D eigenvalue weighted by molar-refractivity contribution is 5.08. The second-order valence-electron chi connectivity index (χ2n) is 2.51. The number of halogens is 3. The average Bonchev–Trinajstić information content (AvgIpc) is 2.47. The Labute approximate surface area is 72.1 Å². The molecule has 0 radical (unpaired) electrons. The quantitative estimate of drug-likeness (QED) is 0.797. The van der Waals surface area contributed by atoms with Gasteiger partial charge in [0.2, 0.25) is 5.76 Å². The largest absolute Gasteiger partial charge is 0.452 e. The minimum atomic E-state index is -4.48. The third kappa shape index (κ3) is 2.73. The van der Waals surface area contributed by atoms with E-state index in [9.17, 15) is 13.2 Å². The predicted octanol–water partition coefficient (Wildman–Crippen LogP) is 1.62. The average molecular weight is 195 g/mol. The number of aryl methyl sites for hydroxylation is 1. The molecular formula is C7H8F3NO2.